The van der Waals surface area contributed by atoms with Gasteiger partial charge in [-0.05, 0) is 41.1 Å². The van der Waals surface area contributed by atoms with Crippen molar-refractivity contribution in [2.24, 2.45) is 0 Å². The van der Waals surface area contributed by atoms with E-state index in [1.807, 2.05) is 91.0 Å². The molecule has 0 saturated carbocycles. The van der Waals surface area contributed by atoms with Crippen LogP contribution in [0.2, 0.25) is 0 Å². The van der Waals surface area contributed by atoms with Gasteiger partial charge in [-0.2, -0.15) is 0 Å². The van der Waals surface area contributed by atoms with Crippen LogP contribution in [0.5, 0.6) is 0 Å². The molecule has 0 amide bonds. The first-order chi connectivity index (χ1) is 11.4. The van der Waals surface area contributed by atoms with Crippen molar-refractivity contribution in [3.63, 3.8) is 0 Å². The smallest absolute Gasteiger partial charge is 0.266 e. The average Bonchev–Trinajstić information content (AvgIpc) is 2.65. The van der Waals surface area contributed by atoms with E-state index >= 15 is 0 Å². The largest absolute Gasteiger partial charge is 0.335 e. The van der Waals surface area contributed by atoms with E-state index in [2.05, 4.69) is 0 Å². The van der Waals surface area contributed by atoms with E-state index < -0.39 is 7.49 Å². The monoisotopic (exact) mass is 323 g/mol. The van der Waals surface area contributed by atoms with Crippen LogP contribution < -0.4 is 15.9 Å². The van der Waals surface area contributed by atoms with Gasteiger partial charge in [-0.25, -0.2) is 0 Å². The van der Waals surface area contributed by atoms with E-state index in [0.717, 1.165) is 15.9 Å². The molecule has 3 rings (SSSR count). The lowest BCUT2D eigenvalue weighted by molar-refractivity contribution is -0.192. The van der Waals surface area contributed by atoms with Crippen molar-refractivity contribution in [1.29, 1.82) is 0 Å². The second-order valence-corrected chi connectivity index (χ2v) is 7.80. The molecule has 3 nitrogen and oxygen atoms in total. The van der Waals surface area contributed by atoms with Gasteiger partial charge in [0.15, 0.2) is 0 Å². The van der Waals surface area contributed by atoms with Crippen LogP contribution in [0.25, 0.3) is 0 Å². The summed E-state index contributed by atoms with van der Waals surface area (Å²) < 4.78 is 5.78. The van der Waals surface area contributed by atoms with E-state index in [4.69, 9.17) is 9.56 Å². The molecule has 0 aliphatic carbocycles. The van der Waals surface area contributed by atoms with Gasteiger partial charge in [-0.1, -0.05) is 54.6 Å². The summed E-state index contributed by atoms with van der Waals surface area (Å²) in [6.07, 6.45) is 0. The standard InChI is InChI=1S/C19H16O3P/c20-16-21-22-23(17-10-4-1-5-11-17,18-12-6-2-7-13-18)19-14-8-3-9-15-19/h1-16H/q+1. The number of hydrogen-bond acceptors (Lipinski definition) is 3. The third-order valence-corrected chi connectivity index (χ3v) is 6.94. The number of rotatable bonds is 6. The van der Waals surface area contributed by atoms with Crippen molar-refractivity contribution in [2.45, 2.75) is 0 Å². The molecule has 0 radical (unpaired) electrons. The first-order valence-corrected chi connectivity index (χ1v) is 8.93. The zero-order valence-corrected chi connectivity index (χ0v) is 13.3. The highest BCUT2D eigenvalue weighted by atomic mass is 31.2. The molecule has 0 N–H and O–H groups in total. The molecule has 0 spiro atoms. The van der Waals surface area contributed by atoms with Gasteiger partial charge in [0.25, 0.3) is 7.49 Å². The summed E-state index contributed by atoms with van der Waals surface area (Å²) in [6, 6.07) is 29.6. The average molecular weight is 323 g/mol. The van der Waals surface area contributed by atoms with Crippen molar-refractivity contribution < 1.29 is 14.4 Å². The van der Waals surface area contributed by atoms with Crippen LogP contribution in [0.1, 0.15) is 0 Å². The number of carbonyl (C=O) groups is 1. The summed E-state index contributed by atoms with van der Waals surface area (Å²) in [5.41, 5.74) is 0. The van der Waals surface area contributed by atoms with Crippen LogP contribution in [0, 0.1) is 0 Å². The van der Waals surface area contributed by atoms with E-state index in [1.165, 1.54) is 0 Å². The van der Waals surface area contributed by atoms with Crippen molar-refractivity contribution in [1.82, 2.24) is 0 Å². The van der Waals surface area contributed by atoms with Crippen LogP contribution in [0.15, 0.2) is 91.0 Å². The van der Waals surface area contributed by atoms with Crippen LogP contribution >= 0.6 is 7.49 Å². The normalized spacial score (nSPS) is 11.0. The molecule has 3 aromatic carbocycles. The highest BCUT2D eigenvalue weighted by Crippen LogP contribution is 2.56. The quantitative estimate of drug-likeness (QED) is 0.303. The van der Waals surface area contributed by atoms with E-state index in [1.54, 1.807) is 0 Å². The predicted octanol–water partition coefficient (Wildman–Crippen LogP) is 3.00. The maximum atomic E-state index is 10.8. The molecule has 0 fully saturated rings. The Bertz CT molecular complexity index is 649. The zero-order valence-electron chi connectivity index (χ0n) is 12.4. The minimum absolute atomic E-state index is 0.323. The molecule has 0 aliphatic rings. The second-order valence-electron chi connectivity index (χ2n) is 4.88. The minimum Gasteiger partial charge on any atom is -0.266 e. The molecule has 4 heteroatoms. The summed E-state index contributed by atoms with van der Waals surface area (Å²) >= 11 is 0. The van der Waals surface area contributed by atoms with Gasteiger partial charge in [-0.15, -0.1) is 0 Å². The first kappa shape index (κ1) is 15.4. The van der Waals surface area contributed by atoms with Crippen molar-refractivity contribution in [3.05, 3.63) is 91.0 Å². The minimum atomic E-state index is -2.52. The van der Waals surface area contributed by atoms with E-state index in [-0.39, 0.29) is 0 Å². The molecule has 0 bridgehead atoms. The summed E-state index contributed by atoms with van der Waals surface area (Å²) in [4.78, 5) is 15.6. The maximum Gasteiger partial charge on any atom is 0.335 e. The molecule has 0 heterocycles. The van der Waals surface area contributed by atoms with E-state index in [9.17, 15) is 4.79 Å². The lowest BCUT2D eigenvalue weighted by Crippen LogP contribution is -2.32. The number of carbonyl (C=O) groups excluding carboxylic acids is 1. The molecule has 0 aliphatic heterocycles. The topological polar surface area (TPSA) is 35.5 Å². The Morgan fingerprint density at radius 1 is 0.609 bits per heavy atom. The summed E-state index contributed by atoms with van der Waals surface area (Å²) in [5.74, 6) is 0. The molecular formula is C19H16O3P+. The lowest BCUT2D eigenvalue weighted by Gasteiger charge is -2.22. The summed E-state index contributed by atoms with van der Waals surface area (Å²) in [6.45, 7) is 0.323. The molecule has 3 aromatic rings. The van der Waals surface area contributed by atoms with Gasteiger partial charge >= 0.3 is 6.47 Å². The zero-order chi connectivity index (χ0) is 16.0. The van der Waals surface area contributed by atoms with Gasteiger partial charge in [0.05, 0.1) is 0 Å². The molecule has 114 valence electrons. The Morgan fingerprint density at radius 2 is 0.957 bits per heavy atom. The summed E-state index contributed by atoms with van der Waals surface area (Å²) in [5, 5.41) is 2.96. The molecule has 0 atom stereocenters. The van der Waals surface area contributed by atoms with Gasteiger partial charge in [0.1, 0.15) is 15.9 Å². The SMILES string of the molecule is O=COO[P+](c1ccccc1)(c1ccccc1)c1ccccc1. The number of hydrogen-bond donors (Lipinski definition) is 0. The van der Waals surface area contributed by atoms with E-state index in [0.29, 0.717) is 6.47 Å². The Labute approximate surface area is 135 Å². The first-order valence-electron chi connectivity index (χ1n) is 7.22. The van der Waals surface area contributed by atoms with Crippen molar-refractivity contribution in [3.8, 4) is 0 Å². The van der Waals surface area contributed by atoms with Gasteiger partial charge in [0.2, 0.25) is 0 Å². The fourth-order valence-corrected chi connectivity index (χ4v) is 5.67. The molecule has 0 saturated heterocycles. The Balaban J connectivity index is 2.27. The van der Waals surface area contributed by atoms with Crippen LogP contribution in [-0.4, -0.2) is 6.47 Å². The Hall–Kier alpha value is -2.48. The highest BCUT2D eigenvalue weighted by molar-refractivity contribution is 7.91. The van der Waals surface area contributed by atoms with Crippen LogP contribution in [-0.2, 0) is 14.4 Å². The van der Waals surface area contributed by atoms with Gasteiger partial charge in [0, 0.05) is 0 Å². The Morgan fingerprint density at radius 3 is 1.26 bits per heavy atom. The van der Waals surface area contributed by atoms with Crippen molar-refractivity contribution in [2.75, 3.05) is 0 Å². The third-order valence-electron chi connectivity index (χ3n) is 3.55. The fourth-order valence-electron chi connectivity index (χ4n) is 2.57. The van der Waals surface area contributed by atoms with Crippen LogP contribution in [0.4, 0.5) is 0 Å². The lowest BCUT2D eigenvalue weighted by atomic mass is 10.4. The van der Waals surface area contributed by atoms with Gasteiger partial charge in [-0.3, -0.25) is 9.68 Å². The van der Waals surface area contributed by atoms with Gasteiger partial charge < -0.3 is 0 Å². The Kier molecular flexibility index (Phi) is 4.82. The molecule has 0 unspecified atom stereocenters. The molecular weight excluding hydrogens is 307 g/mol. The predicted molar refractivity (Wildman–Crippen MR) is 93.4 cm³/mol. The fraction of sp³-hybridized carbons (Fsp3) is 0. The van der Waals surface area contributed by atoms with Crippen molar-refractivity contribution >= 4 is 29.9 Å². The second kappa shape index (κ2) is 7.19. The number of benzene rings is 3. The maximum absolute atomic E-state index is 10.8. The molecule has 23 heavy (non-hydrogen) atoms. The van der Waals surface area contributed by atoms with Crippen LogP contribution in [0.3, 0.4) is 0 Å². The molecule has 0 aromatic heterocycles. The summed E-state index contributed by atoms with van der Waals surface area (Å²) in [7, 11) is -2.52. The third kappa shape index (κ3) is 3.02. The highest BCUT2D eigenvalue weighted by Gasteiger charge is 2.50.